The molecule has 18 N–H and O–H groups in total. The number of Topliss-reactive ketones (excluding diaryl/α,β-unsaturated/α-hetero) is 2. The van der Waals surface area contributed by atoms with Crippen molar-refractivity contribution in [2.45, 2.75) is 273 Å². The van der Waals surface area contributed by atoms with Crippen LogP contribution in [0.15, 0.2) is 131 Å². The van der Waals surface area contributed by atoms with Gasteiger partial charge in [0, 0.05) is 90.6 Å². The minimum Gasteiger partial charge on any atom is -0.370 e. The van der Waals surface area contributed by atoms with Gasteiger partial charge in [-0.25, -0.2) is 0 Å². The number of aliphatic imine (C=N–C) groups is 2. The predicted molar refractivity (Wildman–Crippen MR) is 474 cm³/mol. The Bertz CT molecular complexity index is 4290. The molecule has 12 amide bonds. The number of aryl methyl sites for hydroxylation is 1. The van der Waals surface area contributed by atoms with Gasteiger partial charge in [0.15, 0.2) is 23.5 Å². The number of hydrogen-bond donors (Lipinski definition) is 14. The van der Waals surface area contributed by atoms with Crippen LogP contribution in [0.3, 0.4) is 0 Å². The highest BCUT2D eigenvalue weighted by Crippen LogP contribution is 2.32. The van der Waals surface area contributed by atoms with Crippen LogP contribution in [0.5, 0.6) is 0 Å². The molecule has 0 bridgehead atoms. The van der Waals surface area contributed by atoms with Crippen molar-refractivity contribution in [3.05, 3.63) is 144 Å². The first kappa shape index (κ1) is 97.2. The van der Waals surface area contributed by atoms with E-state index in [9.17, 15) is 67.1 Å². The number of nitrogens with one attached hydrogen (secondary N) is 10. The summed E-state index contributed by atoms with van der Waals surface area (Å²) in [4.78, 5) is 207. The maximum Gasteiger partial charge on any atom is 0.245 e. The van der Waals surface area contributed by atoms with E-state index in [1.165, 1.54) is 23.6 Å². The second-order valence-electron chi connectivity index (χ2n) is 34.3. The number of carbonyl (C=O) groups excluding carboxylic acids is 14. The summed E-state index contributed by atoms with van der Waals surface area (Å²) in [7, 11) is 0. The molecule has 2 saturated carbocycles. The maximum absolute atomic E-state index is 14.6. The van der Waals surface area contributed by atoms with Crippen molar-refractivity contribution >= 4 is 94.4 Å². The number of rotatable bonds is 27. The summed E-state index contributed by atoms with van der Waals surface area (Å²) in [5, 5.41) is 29.1. The fourth-order valence-corrected chi connectivity index (χ4v) is 17.9. The van der Waals surface area contributed by atoms with Gasteiger partial charge in [-0.15, -0.1) is 0 Å². The molecule has 32 heteroatoms. The van der Waals surface area contributed by atoms with E-state index in [0.29, 0.717) is 57.8 Å². The van der Waals surface area contributed by atoms with E-state index < -0.39 is 131 Å². The zero-order valence-corrected chi connectivity index (χ0v) is 72.6. The van der Waals surface area contributed by atoms with Crippen LogP contribution in [0.2, 0.25) is 0 Å². The molecule has 4 aliphatic heterocycles. The number of nitrogens with two attached hydrogens (primary N) is 4. The van der Waals surface area contributed by atoms with E-state index in [0.717, 1.165) is 86.5 Å². The molecule has 4 aromatic carbocycles. The number of amides is 12. The molecule has 4 saturated heterocycles. The van der Waals surface area contributed by atoms with Crippen molar-refractivity contribution in [3.8, 4) is 0 Å². The van der Waals surface area contributed by atoms with Crippen LogP contribution in [0, 0.1) is 23.7 Å². The van der Waals surface area contributed by atoms with Gasteiger partial charge in [0.1, 0.15) is 48.3 Å². The molecule has 125 heavy (non-hydrogen) atoms. The first-order chi connectivity index (χ1) is 60.2. The monoisotopic (exact) mass is 1730 g/mol. The van der Waals surface area contributed by atoms with Crippen molar-refractivity contribution in [1.82, 2.24) is 63.0 Å². The average molecular weight is 1730 g/mol. The molecule has 0 aromatic heterocycles. The number of ketones is 2. The Labute approximate surface area is 733 Å². The van der Waals surface area contributed by atoms with Gasteiger partial charge in [0.2, 0.25) is 70.9 Å². The lowest BCUT2D eigenvalue weighted by molar-refractivity contribution is -0.143. The molecular formula is C93H132N18O14. The Morgan fingerprint density at radius 1 is 0.408 bits per heavy atom. The molecule has 678 valence electrons. The van der Waals surface area contributed by atoms with E-state index in [4.69, 9.17) is 22.9 Å². The van der Waals surface area contributed by atoms with Gasteiger partial charge in [-0.05, 0) is 143 Å². The largest absolute Gasteiger partial charge is 0.370 e. The Morgan fingerprint density at radius 3 is 1.17 bits per heavy atom. The summed E-state index contributed by atoms with van der Waals surface area (Å²) in [5.74, 6) is -7.60. The molecule has 6 aliphatic rings. The lowest BCUT2D eigenvalue weighted by Crippen LogP contribution is -2.59. The molecule has 0 radical (unpaired) electrons. The van der Waals surface area contributed by atoms with Gasteiger partial charge in [-0.1, -0.05) is 186 Å². The van der Waals surface area contributed by atoms with E-state index in [1.54, 1.807) is 0 Å². The summed E-state index contributed by atoms with van der Waals surface area (Å²) in [6.45, 7) is 3.89. The number of hydrogen-bond acceptors (Lipinski definition) is 16. The second-order valence-corrected chi connectivity index (χ2v) is 34.3. The quantitative estimate of drug-likeness (QED) is 0.0225. The van der Waals surface area contributed by atoms with Crippen molar-refractivity contribution < 1.29 is 67.1 Å². The molecule has 0 spiro atoms. The predicted octanol–water partition coefficient (Wildman–Crippen LogP) is 4.25. The Morgan fingerprint density at radius 2 is 0.776 bits per heavy atom. The molecule has 4 heterocycles. The molecule has 12 atom stereocenters. The maximum atomic E-state index is 14.6. The van der Waals surface area contributed by atoms with Crippen molar-refractivity contribution in [2.75, 3.05) is 39.3 Å². The lowest BCUT2D eigenvalue weighted by atomic mass is 9.84. The molecule has 4 aromatic rings. The Hall–Kier alpha value is -11.6. The van der Waals surface area contributed by atoms with Crippen LogP contribution in [-0.2, 0) is 92.8 Å². The van der Waals surface area contributed by atoms with Crippen LogP contribution in [0.1, 0.15) is 209 Å². The number of benzene rings is 4. The summed E-state index contributed by atoms with van der Waals surface area (Å²) < 4.78 is 0. The van der Waals surface area contributed by atoms with Crippen molar-refractivity contribution in [1.29, 1.82) is 0 Å². The molecule has 10 rings (SSSR count). The minimum atomic E-state index is -1.10. The van der Waals surface area contributed by atoms with Crippen LogP contribution in [0.25, 0.3) is 0 Å². The van der Waals surface area contributed by atoms with Gasteiger partial charge in [0.05, 0.1) is 12.1 Å². The first-order valence-corrected chi connectivity index (χ1v) is 45.1. The summed E-state index contributed by atoms with van der Waals surface area (Å²) in [6.07, 6.45) is 15.5. The third-order valence-electron chi connectivity index (χ3n) is 24.6. The summed E-state index contributed by atoms with van der Waals surface area (Å²) in [6, 6.07) is 27.5. The SMILES string of the molecule is CC(=O)N[C@@H](Cc1ccccc1)C(=O)N[C@H]1CCCNC(=O)[C@H](CCCN=C(N)N)CC(=O)[C@H](CCc2ccccc2)NC(=O)[C@@H](CC2CCCCC2)NC(=O)[C@@H]2CCCN2C1=O.CC(=O)N[C@@H](Cc1ccccc1)C(=O)N[C@H]1CCCNC(=O)[C@H](CCCN=C(N)N)CC(=O)[C@H](Cc2ccccc2)NC(=O)[C@@H](CC2CCCCC2)NC(=O)[C@@H]2CCCN2C1=O. The zero-order chi connectivity index (χ0) is 89.6. The topological polar surface area (TPSA) is 495 Å². The van der Waals surface area contributed by atoms with E-state index in [-0.39, 0.29) is 163 Å². The zero-order valence-electron chi connectivity index (χ0n) is 72.6. The molecule has 32 nitrogen and oxygen atoms in total. The fourth-order valence-electron chi connectivity index (χ4n) is 17.9. The number of guanidine groups is 2. The number of nitrogens with zero attached hydrogens (tertiary/aromatic N) is 4. The van der Waals surface area contributed by atoms with Crippen LogP contribution in [-0.4, -0.2) is 204 Å². The highest BCUT2D eigenvalue weighted by molar-refractivity contribution is 6.00. The van der Waals surface area contributed by atoms with Crippen molar-refractivity contribution in [2.24, 2.45) is 56.6 Å². The number of fused-ring (bicyclic) bond motifs is 2. The molecule has 6 fully saturated rings. The summed E-state index contributed by atoms with van der Waals surface area (Å²) >= 11 is 0. The standard InChI is InChI=1S/C47H67N9O7.C46H65N9O7/c1-31(57)52-38(28-33-16-7-3-8-17-33)43(60)54-37-21-12-25-50-42(59)35(20-11-26-51-47(48)49)30-41(58)36(24-23-32-14-5-2-6-15-32)53-44(61)39(29-34-18-9-4-10-19-34)55-45(62)40-22-13-27-56(40)46(37)63;1-30(56)51-37(27-32-16-7-3-8-17-32)42(59)52-35-21-12-23-49-41(58)34(20-11-24-50-46(47)48)29-40(57)36(26-31-14-5-2-6-15-31)53-43(60)38(28-33-18-9-4-10-19-33)54-44(61)39-22-13-25-55(39)45(35)62/h2-3,5-8,14-17,34-40H,4,9-13,18-30H2,1H3,(H,50,59)(H,52,57)(H,53,61)(H,54,60)(H,55,62)(H4,48,49,51);2-3,5-8,14-17,33-39H,4,9-13,18-29H2,1H3,(H,49,58)(H,51,56)(H,52,59)(H,53,60)(H,54,61)(H4,47,48,50)/t35-,36+,37+,38+,39-,40+;34-,35+,36+,37+,38-,39+/m11/s1. The second kappa shape index (κ2) is 51.0. The molecular weight excluding hydrogens is 1590 g/mol. The van der Waals surface area contributed by atoms with Gasteiger partial charge < -0.3 is 85.9 Å². The smallest absolute Gasteiger partial charge is 0.245 e. The van der Waals surface area contributed by atoms with E-state index in [1.807, 2.05) is 121 Å². The number of carbonyl (C=O) groups is 14. The molecule has 2 aliphatic carbocycles. The van der Waals surface area contributed by atoms with Crippen molar-refractivity contribution in [3.63, 3.8) is 0 Å². The average Bonchev–Trinajstić information content (AvgIpc) is 1.72. The fraction of sp³-hybridized carbons (Fsp3) is 0.570. The third-order valence-corrected chi connectivity index (χ3v) is 24.6. The van der Waals surface area contributed by atoms with Gasteiger partial charge in [-0.2, -0.15) is 0 Å². The van der Waals surface area contributed by atoms with Crippen LogP contribution < -0.4 is 76.1 Å². The summed E-state index contributed by atoms with van der Waals surface area (Å²) in [5.41, 5.74) is 25.6. The minimum absolute atomic E-state index is 0.0845. The van der Waals surface area contributed by atoms with Crippen LogP contribution in [0.4, 0.5) is 0 Å². The Balaban J connectivity index is 0.000000283. The third kappa shape index (κ3) is 32.5. The van der Waals surface area contributed by atoms with E-state index in [2.05, 4.69) is 63.2 Å². The van der Waals surface area contributed by atoms with Gasteiger partial charge in [-0.3, -0.25) is 77.1 Å². The Kier molecular flexibility index (Phi) is 39.7. The highest BCUT2D eigenvalue weighted by Gasteiger charge is 2.44. The van der Waals surface area contributed by atoms with Crippen LogP contribution >= 0.6 is 0 Å². The first-order valence-electron chi connectivity index (χ1n) is 45.1. The molecule has 0 unspecified atom stereocenters. The highest BCUT2D eigenvalue weighted by atomic mass is 16.2. The van der Waals surface area contributed by atoms with Gasteiger partial charge in [0.25, 0.3) is 0 Å². The lowest BCUT2D eigenvalue weighted by Gasteiger charge is -2.32. The van der Waals surface area contributed by atoms with Gasteiger partial charge >= 0.3 is 0 Å². The normalized spacial score (nSPS) is 23.9. The van der Waals surface area contributed by atoms with E-state index >= 15 is 0 Å².